The second-order valence-corrected chi connectivity index (χ2v) is 3.78. The molecule has 0 radical (unpaired) electrons. The maximum absolute atomic E-state index is 10.9. The van der Waals surface area contributed by atoms with E-state index >= 15 is 0 Å². The van der Waals surface area contributed by atoms with Crippen LogP contribution in [0.2, 0.25) is 0 Å². The smallest absolute Gasteiger partial charge is 0.133 e. The number of ketones is 1. The summed E-state index contributed by atoms with van der Waals surface area (Å²) in [6, 6.07) is 0. The predicted molar refractivity (Wildman–Crippen MR) is 43.2 cm³/mol. The Labute approximate surface area is 67.6 Å². The van der Waals surface area contributed by atoms with Crippen molar-refractivity contribution in [1.29, 1.82) is 0 Å². The Morgan fingerprint density at radius 3 is 2.55 bits per heavy atom. The van der Waals surface area contributed by atoms with Crippen molar-refractivity contribution in [2.45, 2.75) is 39.2 Å². The Hall–Kier alpha value is -0.370. The second kappa shape index (κ2) is 3.35. The fraction of sp³-hybridized carbons (Fsp3) is 0.889. The maximum atomic E-state index is 10.9. The molecular formula is C9H16O2. The summed E-state index contributed by atoms with van der Waals surface area (Å²) in [5.74, 6) is 0.836. The minimum Gasteiger partial charge on any atom is -0.393 e. The third-order valence-electron chi connectivity index (χ3n) is 2.45. The molecule has 1 aliphatic rings. The molecule has 0 amide bonds. The summed E-state index contributed by atoms with van der Waals surface area (Å²) in [6.45, 7) is 3.99. The highest BCUT2D eigenvalue weighted by molar-refractivity contribution is 5.80. The van der Waals surface area contributed by atoms with E-state index in [1.54, 1.807) is 0 Å². The Bertz CT molecular complexity index is 152. The molecule has 0 bridgehead atoms. The van der Waals surface area contributed by atoms with Crippen LogP contribution in [0, 0.1) is 11.8 Å². The molecule has 0 aliphatic heterocycles. The number of aliphatic hydroxyl groups is 1. The zero-order chi connectivity index (χ0) is 8.43. The lowest BCUT2D eigenvalue weighted by Crippen LogP contribution is -2.23. The van der Waals surface area contributed by atoms with Crippen LogP contribution >= 0.6 is 0 Å². The summed E-state index contributed by atoms with van der Waals surface area (Å²) in [4.78, 5) is 10.9. The van der Waals surface area contributed by atoms with E-state index in [1.165, 1.54) is 0 Å². The van der Waals surface area contributed by atoms with Crippen molar-refractivity contribution in [3.05, 3.63) is 0 Å². The Morgan fingerprint density at radius 1 is 1.55 bits per heavy atom. The average molecular weight is 156 g/mol. The van der Waals surface area contributed by atoms with Gasteiger partial charge in [0.25, 0.3) is 0 Å². The van der Waals surface area contributed by atoms with Gasteiger partial charge in [-0.1, -0.05) is 13.8 Å². The van der Waals surface area contributed by atoms with Gasteiger partial charge in [-0.25, -0.2) is 0 Å². The minimum atomic E-state index is -0.276. The van der Waals surface area contributed by atoms with E-state index in [2.05, 4.69) is 0 Å². The lowest BCUT2D eigenvalue weighted by atomic mass is 9.92. The molecule has 64 valence electrons. The Kier molecular flexibility index (Phi) is 2.66. The molecule has 2 atom stereocenters. The van der Waals surface area contributed by atoms with Crippen LogP contribution in [0.1, 0.15) is 33.1 Å². The number of carbonyl (C=O) groups is 1. The lowest BCUT2D eigenvalue weighted by Gasteiger charge is -2.20. The molecule has 0 aromatic heterocycles. The molecule has 0 aromatic carbocycles. The van der Waals surface area contributed by atoms with Gasteiger partial charge in [-0.3, -0.25) is 4.79 Å². The van der Waals surface area contributed by atoms with Crippen LogP contribution in [-0.2, 0) is 4.79 Å². The summed E-state index contributed by atoms with van der Waals surface area (Å²) in [7, 11) is 0. The normalized spacial score (nSPS) is 28.0. The van der Waals surface area contributed by atoms with Crippen molar-refractivity contribution >= 4 is 5.78 Å². The largest absolute Gasteiger partial charge is 0.393 e. The zero-order valence-electron chi connectivity index (χ0n) is 7.21. The van der Waals surface area contributed by atoms with Gasteiger partial charge < -0.3 is 5.11 Å². The van der Waals surface area contributed by atoms with Crippen molar-refractivity contribution in [2.75, 3.05) is 0 Å². The topological polar surface area (TPSA) is 37.3 Å². The van der Waals surface area contributed by atoms with Gasteiger partial charge in [-0.05, 0) is 18.3 Å². The number of carbonyl (C=O) groups excluding carboxylic acids is 1. The van der Waals surface area contributed by atoms with Crippen LogP contribution in [0.5, 0.6) is 0 Å². The highest BCUT2D eigenvalue weighted by atomic mass is 16.3. The van der Waals surface area contributed by atoms with Crippen LogP contribution in [0.4, 0.5) is 0 Å². The highest BCUT2D eigenvalue weighted by Crippen LogP contribution is 2.28. The third kappa shape index (κ3) is 2.03. The molecule has 2 heteroatoms. The van der Waals surface area contributed by atoms with Gasteiger partial charge in [0.15, 0.2) is 0 Å². The van der Waals surface area contributed by atoms with Crippen LogP contribution in [0.3, 0.4) is 0 Å². The Balaban J connectivity index is 2.43. The Morgan fingerprint density at radius 2 is 2.18 bits per heavy atom. The first-order chi connectivity index (χ1) is 5.11. The molecule has 2 nitrogen and oxygen atoms in total. The number of hydrogen-bond donors (Lipinski definition) is 1. The molecule has 0 spiro atoms. The summed E-state index contributed by atoms with van der Waals surface area (Å²) in [5.41, 5.74) is 0. The van der Waals surface area contributed by atoms with E-state index in [9.17, 15) is 9.90 Å². The van der Waals surface area contributed by atoms with E-state index < -0.39 is 0 Å². The molecule has 1 fully saturated rings. The molecule has 1 rings (SSSR count). The van der Waals surface area contributed by atoms with Crippen molar-refractivity contribution in [1.82, 2.24) is 0 Å². The lowest BCUT2D eigenvalue weighted by molar-refractivity contribution is -0.118. The van der Waals surface area contributed by atoms with E-state index in [-0.39, 0.29) is 17.9 Å². The van der Waals surface area contributed by atoms with Gasteiger partial charge >= 0.3 is 0 Å². The summed E-state index contributed by atoms with van der Waals surface area (Å²) in [6.07, 6.45) is 1.88. The fourth-order valence-corrected chi connectivity index (χ4v) is 1.68. The van der Waals surface area contributed by atoms with Gasteiger partial charge in [-0.2, -0.15) is 0 Å². The zero-order valence-corrected chi connectivity index (χ0v) is 7.21. The molecular weight excluding hydrogens is 140 g/mol. The molecule has 1 unspecified atom stereocenters. The molecule has 1 N–H and O–H groups in total. The first kappa shape index (κ1) is 8.72. The summed E-state index contributed by atoms with van der Waals surface area (Å²) >= 11 is 0. The fourth-order valence-electron chi connectivity index (χ4n) is 1.68. The average Bonchev–Trinajstić information content (AvgIpc) is 2.34. The highest BCUT2D eigenvalue weighted by Gasteiger charge is 2.29. The van der Waals surface area contributed by atoms with Crippen LogP contribution in [-0.4, -0.2) is 17.0 Å². The van der Waals surface area contributed by atoms with Crippen molar-refractivity contribution in [3.8, 4) is 0 Å². The monoisotopic (exact) mass is 156 g/mol. The number of rotatable bonds is 2. The van der Waals surface area contributed by atoms with Crippen LogP contribution in [0.15, 0.2) is 0 Å². The van der Waals surface area contributed by atoms with E-state index in [0.29, 0.717) is 18.6 Å². The minimum absolute atomic E-state index is 0.238. The van der Waals surface area contributed by atoms with E-state index in [4.69, 9.17) is 0 Å². The van der Waals surface area contributed by atoms with E-state index in [1.807, 2.05) is 13.8 Å². The van der Waals surface area contributed by atoms with Gasteiger partial charge in [0.2, 0.25) is 0 Å². The first-order valence-electron chi connectivity index (χ1n) is 4.31. The predicted octanol–water partition coefficient (Wildman–Crippen LogP) is 1.37. The molecule has 1 saturated carbocycles. The molecule has 0 heterocycles. The molecule has 0 aromatic rings. The molecule has 1 aliphatic carbocycles. The van der Waals surface area contributed by atoms with Crippen LogP contribution in [0.25, 0.3) is 0 Å². The molecule has 0 saturated heterocycles. The van der Waals surface area contributed by atoms with Crippen molar-refractivity contribution < 1.29 is 9.90 Å². The van der Waals surface area contributed by atoms with Gasteiger partial charge in [0, 0.05) is 12.8 Å². The second-order valence-electron chi connectivity index (χ2n) is 3.78. The summed E-state index contributed by atoms with van der Waals surface area (Å²) in [5, 5.41) is 9.59. The standard InChI is InChI=1S/C9H16O2/c1-6(2)9(11)7-3-4-8(10)5-7/h6-7,9,11H,3-5H2,1-2H3/t7-,9?/m0/s1. The summed E-state index contributed by atoms with van der Waals surface area (Å²) < 4.78 is 0. The quantitative estimate of drug-likeness (QED) is 0.655. The van der Waals surface area contributed by atoms with E-state index in [0.717, 1.165) is 6.42 Å². The van der Waals surface area contributed by atoms with Gasteiger partial charge in [-0.15, -0.1) is 0 Å². The molecule has 11 heavy (non-hydrogen) atoms. The van der Waals surface area contributed by atoms with Crippen molar-refractivity contribution in [3.63, 3.8) is 0 Å². The maximum Gasteiger partial charge on any atom is 0.133 e. The SMILES string of the molecule is CC(C)C(O)[C@H]1CCC(=O)C1. The number of hydrogen-bond acceptors (Lipinski definition) is 2. The van der Waals surface area contributed by atoms with Crippen LogP contribution < -0.4 is 0 Å². The van der Waals surface area contributed by atoms with Gasteiger partial charge in [0.05, 0.1) is 6.10 Å². The van der Waals surface area contributed by atoms with Crippen molar-refractivity contribution in [2.24, 2.45) is 11.8 Å². The van der Waals surface area contributed by atoms with Gasteiger partial charge in [0.1, 0.15) is 5.78 Å². The number of Topliss-reactive ketones (excluding diaryl/α,β-unsaturated/α-hetero) is 1. The third-order valence-corrected chi connectivity index (χ3v) is 2.45. The number of aliphatic hydroxyl groups excluding tert-OH is 1. The first-order valence-corrected chi connectivity index (χ1v) is 4.31.